The first-order chi connectivity index (χ1) is 6.51. The van der Waals surface area contributed by atoms with Crippen LogP contribution in [0.1, 0.15) is 20.8 Å². The van der Waals surface area contributed by atoms with E-state index in [2.05, 4.69) is 5.32 Å². The van der Waals surface area contributed by atoms with E-state index in [0.29, 0.717) is 0 Å². The highest BCUT2D eigenvalue weighted by atomic mass is 32.2. The smallest absolute Gasteiger partial charge is 0.244 e. The molecule has 82 valence electrons. The molecule has 0 aromatic heterocycles. The normalized spacial score (nSPS) is 14.4. The van der Waals surface area contributed by atoms with Crippen molar-refractivity contribution in [3.8, 4) is 0 Å². The minimum Gasteiger partial charge on any atom is -0.395 e. The SMILES string of the molecule is CSC(CO)C(C)NC(=O)C=C(C)C. The van der Waals surface area contributed by atoms with Gasteiger partial charge in [-0.1, -0.05) is 5.57 Å². The summed E-state index contributed by atoms with van der Waals surface area (Å²) in [6.45, 7) is 5.73. The van der Waals surface area contributed by atoms with Crippen LogP contribution in [0.5, 0.6) is 0 Å². The van der Waals surface area contributed by atoms with Crippen molar-refractivity contribution in [3.05, 3.63) is 11.6 Å². The van der Waals surface area contributed by atoms with Gasteiger partial charge in [-0.2, -0.15) is 11.8 Å². The molecule has 1 amide bonds. The highest BCUT2D eigenvalue weighted by Gasteiger charge is 2.15. The fraction of sp³-hybridized carbons (Fsp3) is 0.700. The van der Waals surface area contributed by atoms with E-state index >= 15 is 0 Å². The van der Waals surface area contributed by atoms with E-state index in [-0.39, 0.29) is 23.8 Å². The summed E-state index contributed by atoms with van der Waals surface area (Å²) in [4.78, 5) is 11.3. The first kappa shape index (κ1) is 13.5. The number of nitrogens with one attached hydrogen (secondary N) is 1. The summed E-state index contributed by atoms with van der Waals surface area (Å²) in [5.74, 6) is -0.0926. The fourth-order valence-corrected chi connectivity index (χ4v) is 1.68. The number of amides is 1. The number of aliphatic hydroxyl groups is 1. The second-order valence-electron chi connectivity index (χ2n) is 3.48. The van der Waals surface area contributed by atoms with E-state index in [1.165, 1.54) is 0 Å². The number of allylic oxidation sites excluding steroid dienone is 1. The Bertz CT molecular complexity index is 208. The van der Waals surface area contributed by atoms with Gasteiger partial charge < -0.3 is 10.4 Å². The Balaban J connectivity index is 4.11. The topological polar surface area (TPSA) is 49.3 Å². The molecule has 3 nitrogen and oxygen atoms in total. The summed E-state index contributed by atoms with van der Waals surface area (Å²) in [5, 5.41) is 11.9. The monoisotopic (exact) mass is 217 g/mol. The molecule has 2 N–H and O–H groups in total. The molecule has 0 bridgehead atoms. The maximum absolute atomic E-state index is 11.3. The number of carbonyl (C=O) groups is 1. The predicted molar refractivity (Wildman–Crippen MR) is 61.4 cm³/mol. The highest BCUT2D eigenvalue weighted by Crippen LogP contribution is 2.10. The van der Waals surface area contributed by atoms with Gasteiger partial charge in [0.25, 0.3) is 0 Å². The second kappa shape index (κ2) is 6.90. The highest BCUT2D eigenvalue weighted by molar-refractivity contribution is 7.99. The molecule has 0 rings (SSSR count). The van der Waals surface area contributed by atoms with Crippen LogP contribution in [0.4, 0.5) is 0 Å². The van der Waals surface area contributed by atoms with Crippen molar-refractivity contribution < 1.29 is 9.90 Å². The first-order valence-electron chi connectivity index (χ1n) is 4.60. The van der Waals surface area contributed by atoms with E-state index in [1.807, 2.05) is 27.0 Å². The lowest BCUT2D eigenvalue weighted by Gasteiger charge is -2.20. The predicted octanol–water partition coefficient (Wildman–Crippen LogP) is 1.18. The molecule has 0 aromatic rings. The molecule has 2 atom stereocenters. The van der Waals surface area contributed by atoms with Crippen LogP contribution in [0.25, 0.3) is 0 Å². The minimum atomic E-state index is -0.0926. The lowest BCUT2D eigenvalue weighted by atomic mass is 10.2. The van der Waals surface area contributed by atoms with Crippen LogP contribution >= 0.6 is 11.8 Å². The maximum Gasteiger partial charge on any atom is 0.244 e. The molecule has 14 heavy (non-hydrogen) atoms. The Kier molecular flexibility index (Phi) is 6.66. The molecular weight excluding hydrogens is 198 g/mol. The zero-order valence-corrected chi connectivity index (χ0v) is 10.0. The van der Waals surface area contributed by atoms with Gasteiger partial charge in [-0.15, -0.1) is 0 Å². The molecule has 0 fully saturated rings. The van der Waals surface area contributed by atoms with Crippen LogP contribution in [-0.2, 0) is 4.79 Å². The average molecular weight is 217 g/mol. The van der Waals surface area contributed by atoms with Crippen LogP contribution in [0, 0.1) is 0 Å². The van der Waals surface area contributed by atoms with E-state index in [0.717, 1.165) is 5.57 Å². The largest absolute Gasteiger partial charge is 0.395 e. The Morgan fingerprint density at radius 2 is 2.14 bits per heavy atom. The molecule has 0 saturated heterocycles. The summed E-state index contributed by atoms with van der Waals surface area (Å²) in [5.41, 5.74) is 0.972. The number of rotatable bonds is 5. The zero-order valence-electron chi connectivity index (χ0n) is 9.20. The Labute approximate surface area is 90.0 Å². The van der Waals surface area contributed by atoms with Gasteiger partial charge >= 0.3 is 0 Å². The summed E-state index contributed by atoms with van der Waals surface area (Å²) in [7, 11) is 0. The van der Waals surface area contributed by atoms with Gasteiger partial charge in [-0.25, -0.2) is 0 Å². The first-order valence-corrected chi connectivity index (χ1v) is 5.89. The lowest BCUT2D eigenvalue weighted by molar-refractivity contribution is -0.117. The summed E-state index contributed by atoms with van der Waals surface area (Å²) >= 11 is 1.55. The van der Waals surface area contributed by atoms with Gasteiger partial charge in [0, 0.05) is 17.4 Å². The zero-order chi connectivity index (χ0) is 11.1. The third kappa shape index (κ3) is 5.29. The third-order valence-electron chi connectivity index (χ3n) is 1.83. The van der Waals surface area contributed by atoms with Gasteiger partial charge in [0.05, 0.1) is 6.61 Å². The molecule has 0 heterocycles. The van der Waals surface area contributed by atoms with Gasteiger partial charge in [-0.05, 0) is 27.0 Å². The van der Waals surface area contributed by atoms with Crippen molar-refractivity contribution in [2.45, 2.75) is 32.1 Å². The molecule has 0 radical (unpaired) electrons. The number of hydrogen-bond donors (Lipinski definition) is 2. The van der Waals surface area contributed by atoms with Crippen molar-refractivity contribution >= 4 is 17.7 Å². The summed E-state index contributed by atoms with van der Waals surface area (Å²) in [6.07, 6.45) is 3.48. The van der Waals surface area contributed by atoms with Crippen molar-refractivity contribution in [1.82, 2.24) is 5.32 Å². The van der Waals surface area contributed by atoms with E-state index in [4.69, 9.17) is 5.11 Å². The minimum absolute atomic E-state index is 0.0156. The van der Waals surface area contributed by atoms with E-state index < -0.39 is 0 Å². The van der Waals surface area contributed by atoms with Crippen molar-refractivity contribution in [2.75, 3.05) is 12.9 Å². The van der Waals surface area contributed by atoms with Crippen LogP contribution in [0.15, 0.2) is 11.6 Å². The quantitative estimate of drug-likeness (QED) is 0.680. The number of thioether (sulfide) groups is 1. The average Bonchev–Trinajstić information content (AvgIpc) is 2.04. The fourth-order valence-electron chi connectivity index (χ4n) is 1.06. The van der Waals surface area contributed by atoms with Crippen molar-refractivity contribution in [1.29, 1.82) is 0 Å². The van der Waals surface area contributed by atoms with Crippen LogP contribution in [0.2, 0.25) is 0 Å². The summed E-state index contributed by atoms with van der Waals surface area (Å²) in [6, 6.07) is -0.0156. The number of hydrogen-bond acceptors (Lipinski definition) is 3. The van der Waals surface area contributed by atoms with Crippen LogP contribution in [-0.4, -0.2) is 35.2 Å². The van der Waals surface area contributed by atoms with Gasteiger partial charge in [-0.3, -0.25) is 4.79 Å². The standard InChI is InChI=1S/C10H19NO2S/c1-7(2)5-10(13)11-8(3)9(6-12)14-4/h5,8-9,12H,6H2,1-4H3,(H,11,13). The molecule has 0 saturated carbocycles. The molecule has 0 spiro atoms. The van der Waals surface area contributed by atoms with Gasteiger partial charge in [0.1, 0.15) is 0 Å². The summed E-state index contributed by atoms with van der Waals surface area (Å²) < 4.78 is 0. The van der Waals surface area contributed by atoms with Crippen molar-refractivity contribution in [3.63, 3.8) is 0 Å². The van der Waals surface area contributed by atoms with Crippen molar-refractivity contribution in [2.24, 2.45) is 0 Å². The van der Waals surface area contributed by atoms with E-state index in [1.54, 1.807) is 17.8 Å². The van der Waals surface area contributed by atoms with Crippen LogP contribution in [0.3, 0.4) is 0 Å². The Hall–Kier alpha value is -0.480. The molecule has 0 aliphatic carbocycles. The molecule has 2 unspecified atom stereocenters. The maximum atomic E-state index is 11.3. The van der Waals surface area contributed by atoms with E-state index in [9.17, 15) is 4.79 Å². The second-order valence-corrected chi connectivity index (χ2v) is 4.55. The molecule has 0 aliphatic rings. The van der Waals surface area contributed by atoms with Gasteiger partial charge in [0.2, 0.25) is 5.91 Å². The molecular formula is C10H19NO2S. The molecule has 0 aromatic carbocycles. The molecule has 4 heteroatoms. The number of aliphatic hydroxyl groups excluding tert-OH is 1. The van der Waals surface area contributed by atoms with Crippen LogP contribution < -0.4 is 5.32 Å². The molecule has 0 aliphatic heterocycles. The third-order valence-corrected chi connectivity index (χ3v) is 2.99. The lowest BCUT2D eigenvalue weighted by Crippen LogP contribution is -2.40. The number of carbonyl (C=O) groups excluding carboxylic acids is 1. The Morgan fingerprint density at radius 1 is 1.57 bits per heavy atom. The van der Waals surface area contributed by atoms with Gasteiger partial charge in [0.15, 0.2) is 0 Å². The Morgan fingerprint density at radius 3 is 2.50 bits per heavy atom.